The first-order valence-corrected chi connectivity index (χ1v) is 8.45. The SMILES string of the molecule is CCOC(=O)N1CCN(C(=O)C(C)Cn2nc(C(F)(F)F)cc2C)CC1. The highest BCUT2D eigenvalue weighted by atomic mass is 19.4. The third kappa shape index (κ3) is 4.67. The lowest BCUT2D eigenvalue weighted by molar-refractivity contribution is -0.141. The van der Waals surface area contributed by atoms with Gasteiger partial charge in [-0.2, -0.15) is 18.3 Å². The molecule has 2 rings (SSSR count). The van der Waals surface area contributed by atoms with Gasteiger partial charge in [0, 0.05) is 31.9 Å². The summed E-state index contributed by atoms with van der Waals surface area (Å²) in [5, 5.41) is 3.56. The highest BCUT2D eigenvalue weighted by Gasteiger charge is 2.35. The Hall–Kier alpha value is -2.26. The van der Waals surface area contributed by atoms with Crippen LogP contribution in [0.3, 0.4) is 0 Å². The molecule has 0 saturated carbocycles. The molecule has 146 valence electrons. The van der Waals surface area contributed by atoms with E-state index in [1.165, 1.54) is 16.5 Å². The Morgan fingerprint density at radius 3 is 2.31 bits per heavy atom. The smallest absolute Gasteiger partial charge is 0.435 e. The lowest BCUT2D eigenvalue weighted by Crippen LogP contribution is -2.52. The van der Waals surface area contributed by atoms with Crippen LogP contribution in [0.5, 0.6) is 0 Å². The minimum Gasteiger partial charge on any atom is -0.450 e. The largest absolute Gasteiger partial charge is 0.450 e. The molecular weight excluding hydrogens is 353 g/mol. The molecule has 0 radical (unpaired) electrons. The zero-order chi connectivity index (χ0) is 19.5. The van der Waals surface area contributed by atoms with Crippen molar-refractivity contribution in [3.05, 3.63) is 17.5 Å². The fraction of sp³-hybridized carbons (Fsp3) is 0.688. The van der Waals surface area contributed by atoms with Gasteiger partial charge in [0.05, 0.1) is 19.1 Å². The van der Waals surface area contributed by atoms with Crippen LogP contribution in [0.15, 0.2) is 6.07 Å². The number of hydrogen-bond donors (Lipinski definition) is 0. The van der Waals surface area contributed by atoms with Crippen LogP contribution >= 0.6 is 0 Å². The Morgan fingerprint density at radius 1 is 1.23 bits per heavy atom. The summed E-state index contributed by atoms with van der Waals surface area (Å²) < 4.78 is 44.3. The second-order valence-corrected chi connectivity index (χ2v) is 6.26. The van der Waals surface area contributed by atoms with Crippen LogP contribution in [-0.4, -0.2) is 64.4 Å². The van der Waals surface area contributed by atoms with Crippen molar-refractivity contribution in [3.8, 4) is 0 Å². The fourth-order valence-corrected chi connectivity index (χ4v) is 2.81. The van der Waals surface area contributed by atoms with E-state index in [1.807, 2.05) is 0 Å². The average Bonchev–Trinajstić information content (AvgIpc) is 2.95. The van der Waals surface area contributed by atoms with Crippen molar-refractivity contribution in [1.82, 2.24) is 19.6 Å². The topological polar surface area (TPSA) is 67.7 Å². The molecule has 1 aliphatic heterocycles. The molecule has 1 aromatic heterocycles. The number of hydrogen-bond acceptors (Lipinski definition) is 4. The Balaban J connectivity index is 1.93. The predicted molar refractivity (Wildman–Crippen MR) is 86.3 cm³/mol. The lowest BCUT2D eigenvalue weighted by atomic mass is 10.1. The van der Waals surface area contributed by atoms with E-state index in [1.54, 1.807) is 18.7 Å². The van der Waals surface area contributed by atoms with Gasteiger partial charge in [0.15, 0.2) is 5.69 Å². The van der Waals surface area contributed by atoms with Gasteiger partial charge < -0.3 is 14.5 Å². The van der Waals surface area contributed by atoms with Crippen molar-refractivity contribution in [1.29, 1.82) is 0 Å². The summed E-state index contributed by atoms with van der Waals surface area (Å²) in [4.78, 5) is 27.4. The van der Waals surface area contributed by atoms with Crippen molar-refractivity contribution in [2.45, 2.75) is 33.5 Å². The number of aromatic nitrogens is 2. The molecule has 10 heteroatoms. The highest BCUT2D eigenvalue weighted by molar-refractivity contribution is 5.79. The molecule has 1 unspecified atom stereocenters. The van der Waals surface area contributed by atoms with Crippen molar-refractivity contribution in [3.63, 3.8) is 0 Å². The van der Waals surface area contributed by atoms with Crippen LogP contribution in [0.25, 0.3) is 0 Å². The number of alkyl halides is 3. The van der Waals surface area contributed by atoms with E-state index in [9.17, 15) is 22.8 Å². The van der Waals surface area contributed by atoms with Gasteiger partial charge in [0.2, 0.25) is 5.91 Å². The van der Waals surface area contributed by atoms with Gasteiger partial charge in [0.1, 0.15) is 0 Å². The third-order valence-electron chi connectivity index (χ3n) is 4.26. The quantitative estimate of drug-likeness (QED) is 0.808. The molecule has 0 spiro atoms. The van der Waals surface area contributed by atoms with E-state index in [-0.39, 0.29) is 19.1 Å². The first kappa shape index (κ1) is 20.1. The number of nitrogens with zero attached hydrogens (tertiary/aromatic N) is 4. The second kappa shape index (κ2) is 7.96. The molecule has 0 aliphatic carbocycles. The average molecular weight is 376 g/mol. The van der Waals surface area contributed by atoms with Crippen LogP contribution < -0.4 is 0 Å². The Kier molecular flexibility index (Phi) is 6.14. The monoisotopic (exact) mass is 376 g/mol. The Labute approximate surface area is 149 Å². The minimum atomic E-state index is -4.51. The van der Waals surface area contributed by atoms with Crippen molar-refractivity contribution < 1.29 is 27.5 Å². The van der Waals surface area contributed by atoms with E-state index >= 15 is 0 Å². The Bertz CT molecular complexity index is 652. The van der Waals surface area contributed by atoms with Gasteiger partial charge in [-0.15, -0.1) is 0 Å². The molecule has 1 atom stereocenters. The van der Waals surface area contributed by atoms with E-state index in [4.69, 9.17) is 4.74 Å². The zero-order valence-corrected chi connectivity index (χ0v) is 15.0. The molecule has 2 heterocycles. The molecule has 1 saturated heterocycles. The van der Waals surface area contributed by atoms with Gasteiger partial charge in [-0.25, -0.2) is 4.79 Å². The summed E-state index contributed by atoms with van der Waals surface area (Å²) in [6.07, 6.45) is -4.91. The summed E-state index contributed by atoms with van der Waals surface area (Å²) in [5.41, 5.74) is -0.609. The zero-order valence-electron chi connectivity index (χ0n) is 15.0. The van der Waals surface area contributed by atoms with Gasteiger partial charge in [-0.1, -0.05) is 6.92 Å². The summed E-state index contributed by atoms with van der Waals surface area (Å²) in [6.45, 7) is 6.75. The molecular formula is C16H23F3N4O3. The number of carbonyl (C=O) groups is 2. The molecule has 0 bridgehead atoms. The van der Waals surface area contributed by atoms with Crippen LogP contribution in [-0.2, 0) is 22.3 Å². The number of halogens is 3. The second-order valence-electron chi connectivity index (χ2n) is 6.26. The number of amides is 2. The molecule has 1 fully saturated rings. The number of piperazine rings is 1. The van der Waals surface area contributed by atoms with Crippen LogP contribution in [0, 0.1) is 12.8 Å². The third-order valence-corrected chi connectivity index (χ3v) is 4.26. The maximum Gasteiger partial charge on any atom is 0.435 e. The van der Waals surface area contributed by atoms with Crippen LogP contribution in [0.2, 0.25) is 0 Å². The molecule has 0 N–H and O–H groups in total. The maximum atomic E-state index is 12.7. The maximum absolute atomic E-state index is 12.7. The summed E-state index contributed by atoms with van der Waals surface area (Å²) in [6, 6.07) is 0.968. The lowest BCUT2D eigenvalue weighted by Gasteiger charge is -2.35. The molecule has 0 aromatic carbocycles. The van der Waals surface area contributed by atoms with E-state index in [0.717, 1.165) is 6.07 Å². The molecule has 1 aromatic rings. The number of carbonyl (C=O) groups excluding carboxylic acids is 2. The summed E-state index contributed by atoms with van der Waals surface area (Å²) in [7, 11) is 0. The number of aryl methyl sites for hydroxylation is 1. The van der Waals surface area contributed by atoms with Gasteiger partial charge >= 0.3 is 12.3 Å². The standard InChI is InChI=1S/C16H23F3N4O3/c1-4-26-15(25)22-7-5-21(6-8-22)14(24)11(2)10-23-12(3)9-13(20-23)16(17,18)19/h9,11H,4-8,10H2,1-3H3. The highest BCUT2D eigenvalue weighted by Crippen LogP contribution is 2.28. The normalized spacial score (nSPS) is 16.5. The first-order chi connectivity index (χ1) is 12.1. The van der Waals surface area contributed by atoms with Crippen molar-refractivity contribution >= 4 is 12.0 Å². The van der Waals surface area contributed by atoms with Gasteiger partial charge in [-0.3, -0.25) is 9.48 Å². The van der Waals surface area contributed by atoms with Crippen LogP contribution in [0.4, 0.5) is 18.0 Å². The molecule has 26 heavy (non-hydrogen) atoms. The Morgan fingerprint density at radius 2 is 1.81 bits per heavy atom. The van der Waals surface area contributed by atoms with E-state index in [2.05, 4.69) is 5.10 Å². The van der Waals surface area contributed by atoms with Crippen molar-refractivity contribution in [2.75, 3.05) is 32.8 Å². The van der Waals surface area contributed by atoms with Gasteiger partial charge in [-0.05, 0) is 19.9 Å². The van der Waals surface area contributed by atoms with E-state index in [0.29, 0.717) is 31.9 Å². The summed E-state index contributed by atoms with van der Waals surface area (Å²) in [5.74, 6) is -0.694. The number of rotatable bonds is 4. The molecule has 1 aliphatic rings. The molecule has 2 amide bonds. The van der Waals surface area contributed by atoms with E-state index < -0.39 is 23.9 Å². The predicted octanol–water partition coefficient (Wildman–Crippen LogP) is 2.15. The minimum absolute atomic E-state index is 0.0683. The van der Waals surface area contributed by atoms with Gasteiger partial charge in [0.25, 0.3) is 0 Å². The number of ether oxygens (including phenoxy) is 1. The first-order valence-electron chi connectivity index (χ1n) is 8.45. The molecule has 7 nitrogen and oxygen atoms in total. The summed E-state index contributed by atoms with van der Waals surface area (Å²) >= 11 is 0. The van der Waals surface area contributed by atoms with Crippen molar-refractivity contribution in [2.24, 2.45) is 5.92 Å². The van der Waals surface area contributed by atoms with Crippen LogP contribution in [0.1, 0.15) is 25.2 Å². The fourth-order valence-electron chi connectivity index (χ4n) is 2.81.